The molecule has 0 saturated carbocycles. The summed E-state index contributed by atoms with van der Waals surface area (Å²) in [6.07, 6.45) is 1.50. The third-order valence-corrected chi connectivity index (χ3v) is 12.7. The molecule has 4 N–H and O–H groups in total. The van der Waals surface area contributed by atoms with Crippen LogP contribution in [0.15, 0.2) is 150 Å². The molecule has 0 aromatic heterocycles. The van der Waals surface area contributed by atoms with Crippen molar-refractivity contribution in [3.05, 3.63) is 179 Å². The zero-order valence-corrected chi connectivity index (χ0v) is 41.6. The lowest BCUT2D eigenvalue weighted by Gasteiger charge is -2.28. The van der Waals surface area contributed by atoms with E-state index in [9.17, 15) is 35.9 Å². The van der Waals surface area contributed by atoms with Crippen molar-refractivity contribution in [2.45, 2.75) is 100 Å². The van der Waals surface area contributed by atoms with E-state index in [1.165, 1.54) is 67.7 Å². The Morgan fingerprint density at radius 3 is 1.59 bits per heavy atom. The molecule has 0 radical (unpaired) electrons. The highest BCUT2D eigenvalue weighted by Gasteiger charge is 2.32. The smallest absolute Gasteiger partial charge is 0.416 e. The Hall–Kier alpha value is -6.49. The van der Waals surface area contributed by atoms with Crippen LogP contribution in [0.5, 0.6) is 17.2 Å². The Morgan fingerprint density at radius 2 is 1.07 bits per heavy atom. The molecule has 0 fully saturated rings. The molecule has 0 saturated heterocycles. The number of rotatable bonds is 22. The minimum Gasteiger partial charge on any atom is -0.494 e. The molecule has 1 aliphatic heterocycles. The minimum absolute atomic E-state index is 0.0990. The van der Waals surface area contributed by atoms with Crippen LogP contribution in [0.25, 0.3) is 0 Å². The Labute approximate surface area is 428 Å². The molecule has 1 aliphatic rings. The molecule has 7 rings (SSSR count). The predicted octanol–water partition coefficient (Wildman–Crippen LogP) is 13.5. The van der Waals surface area contributed by atoms with E-state index in [-0.39, 0.29) is 31.7 Å². The number of anilines is 2. The first-order valence-electron chi connectivity index (χ1n) is 24.4. The average molecular weight is 1030 g/mol. The van der Waals surface area contributed by atoms with Gasteiger partial charge in [0.2, 0.25) is 18.6 Å². The molecule has 1 heterocycles. The van der Waals surface area contributed by atoms with Crippen LogP contribution in [0.3, 0.4) is 0 Å². The molecule has 0 spiro atoms. The maximum atomic E-state index is 13.7. The average Bonchev–Trinajstić information content (AvgIpc) is 3.87. The molecule has 6 aromatic carbocycles. The van der Waals surface area contributed by atoms with Crippen molar-refractivity contribution in [1.82, 2.24) is 0 Å². The molecule has 9 nitrogen and oxygen atoms in total. The number of benzene rings is 6. The van der Waals surface area contributed by atoms with Gasteiger partial charge in [-0.05, 0) is 90.0 Å². The van der Waals surface area contributed by atoms with Crippen LogP contribution in [0.4, 0.5) is 37.7 Å². The van der Waals surface area contributed by atoms with E-state index in [1.54, 1.807) is 71.6 Å². The number of thiol groups is 1. The number of hydrogen-bond acceptors (Lipinski definition) is 8. The Balaban J connectivity index is 0.000000245. The zero-order chi connectivity index (χ0) is 52.4. The fourth-order valence-corrected chi connectivity index (χ4v) is 8.41. The van der Waals surface area contributed by atoms with Crippen molar-refractivity contribution in [1.29, 1.82) is 0 Å². The molecule has 388 valence electrons. The number of unbranched alkanes of at least 4 members (excludes halogenated alkanes) is 7. The quantitative estimate of drug-likeness (QED) is 0.0352. The molecular formula is C57H62F6N4O5S. The lowest BCUT2D eigenvalue weighted by Crippen LogP contribution is -2.40. The lowest BCUT2D eigenvalue weighted by atomic mass is 10.0. The molecule has 2 unspecified atom stereocenters. The summed E-state index contributed by atoms with van der Waals surface area (Å²) in [6, 6.07) is 36.7. The summed E-state index contributed by atoms with van der Waals surface area (Å²) in [5, 5.41) is 0. The van der Waals surface area contributed by atoms with Gasteiger partial charge in [-0.2, -0.15) is 26.3 Å². The maximum absolute atomic E-state index is 13.7. The van der Waals surface area contributed by atoms with Gasteiger partial charge in [0.25, 0.3) is 0 Å². The maximum Gasteiger partial charge on any atom is 0.416 e. The summed E-state index contributed by atoms with van der Waals surface area (Å²) in [5.74, 6) is 1.06. The van der Waals surface area contributed by atoms with Gasteiger partial charge in [0.05, 0.1) is 23.4 Å². The number of nitrogens with zero attached hydrogens (tertiary/aromatic N) is 2. The number of amides is 2. The second-order valence-electron chi connectivity index (χ2n) is 17.7. The van der Waals surface area contributed by atoms with Crippen molar-refractivity contribution < 1.29 is 50.1 Å². The molecule has 0 bridgehead atoms. The number of fused-ring (bicyclic) bond motifs is 1. The van der Waals surface area contributed by atoms with E-state index in [1.807, 2.05) is 30.3 Å². The van der Waals surface area contributed by atoms with Gasteiger partial charge in [-0.1, -0.05) is 137 Å². The van der Waals surface area contributed by atoms with Crippen LogP contribution in [0.2, 0.25) is 0 Å². The monoisotopic (exact) mass is 1030 g/mol. The zero-order valence-electron chi connectivity index (χ0n) is 40.7. The molecule has 6 aromatic rings. The van der Waals surface area contributed by atoms with Crippen molar-refractivity contribution in [3.63, 3.8) is 0 Å². The van der Waals surface area contributed by atoms with E-state index < -0.39 is 35.6 Å². The number of carbonyl (C=O) groups excluding carboxylic acids is 2. The summed E-state index contributed by atoms with van der Waals surface area (Å²) in [6.45, 7) is 3.32. The van der Waals surface area contributed by atoms with Crippen LogP contribution in [0.1, 0.15) is 104 Å². The Morgan fingerprint density at radius 1 is 0.589 bits per heavy atom. The summed E-state index contributed by atoms with van der Waals surface area (Å²) in [5.41, 5.74) is 15.0. The van der Waals surface area contributed by atoms with Gasteiger partial charge in [0.1, 0.15) is 17.8 Å². The van der Waals surface area contributed by atoms with Crippen molar-refractivity contribution in [3.8, 4) is 17.2 Å². The number of alkyl halides is 6. The SMILES string of the molecule is CCCCCCCCCCOc1ccc(S)c(N(CCc2ccc(C(F)(F)F)cc2)C(=O)C(N)c2ccccc2)c1.NC(C(=O)N(CCc1ccc(C(F)(F)F)cc1)c1ccc2c(c1)OCO2)c1ccccc1. The van der Waals surface area contributed by atoms with Crippen LogP contribution in [0, 0.1) is 0 Å². The molecular weight excluding hydrogens is 967 g/mol. The first kappa shape index (κ1) is 55.8. The summed E-state index contributed by atoms with van der Waals surface area (Å²) in [4.78, 5) is 30.7. The van der Waals surface area contributed by atoms with Crippen molar-refractivity contribution in [2.24, 2.45) is 11.5 Å². The van der Waals surface area contributed by atoms with Gasteiger partial charge in [-0.3, -0.25) is 9.59 Å². The molecule has 16 heteroatoms. The van der Waals surface area contributed by atoms with Gasteiger partial charge in [-0.15, -0.1) is 12.6 Å². The largest absolute Gasteiger partial charge is 0.494 e. The third-order valence-electron chi connectivity index (χ3n) is 12.4. The standard InChI is InChI=1S/C33H41F3N2O2S.C24H21F3N2O3/c1-2-3-4-5-6-7-8-12-23-40-28-19-20-30(41)29(24-28)38(32(39)31(37)26-13-10-9-11-14-26)22-21-25-15-17-27(18-16-25)33(34,35)36;25-24(26,27)18-8-6-16(7-9-18)12-13-29(19-10-11-20-21(14-19)32-15-31-20)23(30)22(28)17-4-2-1-3-5-17/h9-11,13-20,24,31,41H,2-8,12,21-23,37H2,1H3;1-11,14,22H,12-13,15,28H2. The van der Waals surface area contributed by atoms with Gasteiger partial charge in [0, 0.05) is 35.8 Å². The summed E-state index contributed by atoms with van der Waals surface area (Å²) >= 11 is 4.62. The predicted molar refractivity (Wildman–Crippen MR) is 276 cm³/mol. The number of ether oxygens (including phenoxy) is 3. The topological polar surface area (TPSA) is 120 Å². The van der Waals surface area contributed by atoms with Crippen LogP contribution in [-0.2, 0) is 34.8 Å². The summed E-state index contributed by atoms with van der Waals surface area (Å²) < 4.78 is 94.3. The van der Waals surface area contributed by atoms with Crippen molar-refractivity contribution in [2.75, 3.05) is 36.3 Å². The molecule has 2 amide bonds. The number of carbonyl (C=O) groups is 2. The van der Waals surface area contributed by atoms with Gasteiger partial charge in [0.15, 0.2) is 11.5 Å². The number of nitrogens with two attached hydrogens (primary N) is 2. The lowest BCUT2D eigenvalue weighted by molar-refractivity contribution is -0.138. The van der Waals surface area contributed by atoms with Gasteiger partial charge in [-0.25, -0.2) is 0 Å². The number of hydrogen-bond donors (Lipinski definition) is 3. The van der Waals surface area contributed by atoms with Crippen LogP contribution in [-0.4, -0.2) is 38.3 Å². The van der Waals surface area contributed by atoms with E-state index in [0.717, 1.165) is 37.1 Å². The van der Waals surface area contributed by atoms with Crippen LogP contribution >= 0.6 is 12.6 Å². The minimum atomic E-state index is -4.40. The van der Waals surface area contributed by atoms with E-state index in [0.29, 0.717) is 75.2 Å². The van der Waals surface area contributed by atoms with Gasteiger partial charge < -0.3 is 35.5 Å². The van der Waals surface area contributed by atoms with E-state index in [4.69, 9.17) is 25.7 Å². The Kier molecular flexibility index (Phi) is 20.6. The highest BCUT2D eigenvalue weighted by molar-refractivity contribution is 7.80. The first-order valence-corrected chi connectivity index (χ1v) is 24.9. The van der Waals surface area contributed by atoms with Crippen molar-refractivity contribution >= 4 is 35.8 Å². The van der Waals surface area contributed by atoms with Gasteiger partial charge >= 0.3 is 12.4 Å². The molecule has 73 heavy (non-hydrogen) atoms. The normalized spacial score (nSPS) is 12.8. The second kappa shape index (κ2) is 27.0. The van der Waals surface area contributed by atoms with Crippen LogP contribution < -0.4 is 35.5 Å². The fourth-order valence-electron chi connectivity index (χ4n) is 8.15. The van der Waals surface area contributed by atoms with E-state index >= 15 is 0 Å². The third kappa shape index (κ3) is 16.5. The fraction of sp³-hybridized carbons (Fsp3) is 0.333. The Bertz CT molecular complexity index is 2660. The van der Waals surface area contributed by atoms with E-state index in [2.05, 4.69) is 19.6 Å². The number of halogens is 6. The molecule has 0 aliphatic carbocycles. The highest BCUT2D eigenvalue weighted by Crippen LogP contribution is 2.37. The summed E-state index contributed by atoms with van der Waals surface area (Å²) in [7, 11) is 0. The first-order chi connectivity index (χ1) is 35.0. The molecule has 2 atom stereocenters. The second-order valence-corrected chi connectivity index (χ2v) is 18.1. The highest BCUT2D eigenvalue weighted by atomic mass is 32.1.